The van der Waals surface area contributed by atoms with Gasteiger partial charge in [-0.3, -0.25) is 9.69 Å². The Morgan fingerprint density at radius 1 is 1.42 bits per heavy atom. The highest BCUT2D eigenvalue weighted by Crippen LogP contribution is 2.15. The Bertz CT molecular complexity index is 438. The SMILES string of the molecule is CCc1ccc(C(=O)N2CCN(C(C)C)[C@H](C)C2)[nH]1. The Morgan fingerprint density at radius 2 is 2.16 bits per heavy atom. The Balaban J connectivity index is 2.02. The molecule has 0 bridgehead atoms. The lowest BCUT2D eigenvalue weighted by molar-refractivity contribution is 0.0422. The molecule has 1 saturated heterocycles. The summed E-state index contributed by atoms with van der Waals surface area (Å²) in [5.41, 5.74) is 1.85. The minimum absolute atomic E-state index is 0.134. The van der Waals surface area contributed by atoms with Crippen LogP contribution in [0.5, 0.6) is 0 Å². The summed E-state index contributed by atoms with van der Waals surface area (Å²) < 4.78 is 0. The van der Waals surface area contributed by atoms with Gasteiger partial charge in [0.05, 0.1) is 0 Å². The largest absolute Gasteiger partial charge is 0.354 e. The zero-order chi connectivity index (χ0) is 14.0. The van der Waals surface area contributed by atoms with Crippen LogP contribution in [-0.2, 0) is 6.42 Å². The number of hydrogen-bond donors (Lipinski definition) is 1. The van der Waals surface area contributed by atoms with Crippen LogP contribution in [0.25, 0.3) is 0 Å². The molecule has 0 aliphatic carbocycles. The van der Waals surface area contributed by atoms with Crippen molar-refractivity contribution in [3.8, 4) is 0 Å². The fourth-order valence-electron chi connectivity index (χ4n) is 2.86. The first-order chi connectivity index (χ1) is 9.02. The highest BCUT2D eigenvalue weighted by Gasteiger charge is 2.28. The topological polar surface area (TPSA) is 39.3 Å². The van der Waals surface area contributed by atoms with Crippen molar-refractivity contribution < 1.29 is 4.79 Å². The number of nitrogens with one attached hydrogen (secondary N) is 1. The second-order valence-corrected chi connectivity index (χ2v) is 5.68. The number of H-pyrrole nitrogens is 1. The van der Waals surface area contributed by atoms with Crippen LogP contribution in [-0.4, -0.2) is 52.4 Å². The van der Waals surface area contributed by atoms with Gasteiger partial charge in [0.1, 0.15) is 5.69 Å². The van der Waals surface area contributed by atoms with Crippen LogP contribution in [0.1, 0.15) is 43.9 Å². The molecule has 0 radical (unpaired) electrons. The second kappa shape index (κ2) is 5.78. The number of amides is 1. The van der Waals surface area contributed by atoms with Crippen molar-refractivity contribution in [1.29, 1.82) is 0 Å². The predicted molar refractivity (Wildman–Crippen MR) is 77.4 cm³/mol. The summed E-state index contributed by atoms with van der Waals surface area (Å²) >= 11 is 0. The molecule has 2 heterocycles. The van der Waals surface area contributed by atoms with E-state index in [1.807, 2.05) is 17.0 Å². The first-order valence-electron chi connectivity index (χ1n) is 7.25. The Morgan fingerprint density at radius 3 is 2.68 bits per heavy atom. The van der Waals surface area contributed by atoms with Crippen molar-refractivity contribution in [3.63, 3.8) is 0 Å². The van der Waals surface area contributed by atoms with E-state index < -0.39 is 0 Å². The van der Waals surface area contributed by atoms with Gasteiger partial charge in [-0.2, -0.15) is 0 Å². The number of carbonyl (C=O) groups excluding carboxylic acids is 1. The number of aromatic nitrogens is 1. The summed E-state index contributed by atoms with van der Waals surface area (Å²) in [5.74, 6) is 0.134. The first-order valence-corrected chi connectivity index (χ1v) is 7.25. The van der Waals surface area contributed by atoms with Crippen LogP contribution in [0.3, 0.4) is 0 Å². The van der Waals surface area contributed by atoms with Gasteiger partial charge in [0.15, 0.2) is 0 Å². The zero-order valence-electron chi connectivity index (χ0n) is 12.4. The van der Waals surface area contributed by atoms with E-state index in [0.29, 0.717) is 12.1 Å². The van der Waals surface area contributed by atoms with Crippen LogP contribution >= 0.6 is 0 Å². The minimum Gasteiger partial charge on any atom is -0.354 e. The summed E-state index contributed by atoms with van der Waals surface area (Å²) in [6, 6.07) is 4.88. The van der Waals surface area contributed by atoms with Crippen molar-refractivity contribution in [2.75, 3.05) is 19.6 Å². The number of aromatic amines is 1. The number of hydrogen-bond acceptors (Lipinski definition) is 2. The molecule has 1 aliphatic rings. The van der Waals surface area contributed by atoms with E-state index in [-0.39, 0.29) is 5.91 Å². The number of nitrogens with zero attached hydrogens (tertiary/aromatic N) is 2. The smallest absolute Gasteiger partial charge is 0.270 e. The molecule has 4 heteroatoms. The molecule has 0 saturated carbocycles. The highest BCUT2D eigenvalue weighted by molar-refractivity contribution is 5.92. The maximum atomic E-state index is 12.4. The van der Waals surface area contributed by atoms with E-state index >= 15 is 0 Å². The molecular formula is C15H25N3O. The van der Waals surface area contributed by atoms with Crippen molar-refractivity contribution in [2.24, 2.45) is 0 Å². The molecule has 1 aliphatic heterocycles. The summed E-state index contributed by atoms with van der Waals surface area (Å²) in [5, 5.41) is 0. The molecule has 1 atom stereocenters. The van der Waals surface area contributed by atoms with Crippen molar-refractivity contribution in [2.45, 2.75) is 46.2 Å². The van der Waals surface area contributed by atoms with Crippen LogP contribution in [0.4, 0.5) is 0 Å². The third kappa shape index (κ3) is 3.00. The monoisotopic (exact) mass is 263 g/mol. The number of rotatable bonds is 3. The van der Waals surface area contributed by atoms with Gasteiger partial charge in [-0.15, -0.1) is 0 Å². The lowest BCUT2D eigenvalue weighted by Gasteiger charge is -2.41. The maximum Gasteiger partial charge on any atom is 0.270 e. The molecule has 106 valence electrons. The van der Waals surface area contributed by atoms with Crippen LogP contribution in [0, 0.1) is 0 Å². The molecule has 1 N–H and O–H groups in total. The molecule has 1 fully saturated rings. The van der Waals surface area contributed by atoms with Gasteiger partial charge in [0.2, 0.25) is 0 Å². The minimum atomic E-state index is 0.134. The number of aryl methyl sites for hydroxylation is 1. The van der Waals surface area contributed by atoms with Crippen molar-refractivity contribution in [1.82, 2.24) is 14.8 Å². The summed E-state index contributed by atoms with van der Waals surface area (Å²) in [6.45, 7) is 11.3. The Kier molecular flexibility index (Phi) is 4.30. The van der Waals surface area contributed by atoms with E-state index in [9.17, 15) is 4.79 Å². The first kappa shape index (κ1) is 14.1. The molecule has 1 amide bonds. The molecule has 0 unspecified atom stereocenters. The van der Waals surface area contributed by atoms with Gasteiger partial charge in [-0.25, -0.2) is 0 Å². The molecule has 0 aromatic carbocycles. The molecule has 4 nitrogen and oxygen atoms in total. The van der Waals surface area contributed by atoms with E-state index in [1.165, 1.54) is 0 Å². The summed E-state index contributed by atoms with van der Waals surface area (Å²) in [7, 11) is 0. The number of piperazine rings is 1. The van der Waals surface area contributed by atoms with Gasteiger partial charge in [0.25, 0.3) is 5.91 Å². The molecule has 19 heavy (non-hydrogen) atoms. The van der Waals surface area contributed by atoms with Crippen molar-refractivity contribution >= 4 is 5.91 Å². The molecule has 0 spiro atoms. The zero-order valence-corrected chi connectivity index (χ0v) is 12.4. The van der Waals surface area contributed by atoms with E-state index in [4.69, 9.17) is 0 Å². The molecule has 2 rings (SSSR count). The molecule has 1 aromatic rings. The lowest BCUT2D eigenvalue weighted by Crippen LogP contribution is -2.55. The van der Waals surface area contributed by atoms with Crippen molar-refractivity contribution in [3.05, 3.63) is 23.5 Å². The maximum absolute atomic E-state index is 12.4. The average molecular weight is 263 g/mol. The Labute approximate surface area is 115 Å². The summed E-state index contributed by atoms with van der Waals surface area (Å²) in [4.78, 5) is 20.1. The standard InChI is InChI=1S/C15H25N3O/c1-5-13-6-7-14(16-13)15(19)17-8-9-18(11(2)3)12(4)10-17/h6-7,11-12,16H,5,8-10H2,1-4H3/t12-/m1/s1. The van der Waals surface area contributed by atoms with Gasteiger partial charge >= 0.3 is 0 Å². The Hall–Kier alpha value is -1.29. The predicted octanol–water partition coefficient (Wildman–Crippen LogP) is 2.13. The molecular weight excluding hydrogens is 238 g/mol. The molecule has 1 aromatic heterocycles. The van der Waals surface area contributed by atoms with Gasteiger partial charge in [-0.05, 0) is 39.3 Å². The van der Waals surface area contributed by atoms with E-state index in [1.54, 1.807) is 0 Å². The third-order valence-electron chi connectivity index (χ3n) is 3.99. The normalized spacial score (nSPS) is 21.1. The second-order valence-electron chi connectivity index (χ2n) is 5.68. The van der Waals surface area contributed by atoms with E-state index in [2.05, 4.69) is 37.6 Å². The third-order valence-corrected chi connectivity index (χ3v) is 3.99. The fourth-order valence-corrected chi connectivity index (χ4v) is 2.86. The highest BCUT2D eigenvalue weighted by atomic mass is 16.2. The van der Waals surface area contributed by atoms with Gasteiger partial charge < -0.3 is 9.88 Å². The average Bonchev–Trinajstić information content (AvgIpc) is 2.86. The lowest BCUT2D eigenvalue weighted by atomic mass is 10.1. The number of carbonyl (C=O) groups is 1. The summed E-state index contributed by atoms with van der Waals surface area (Å²) in [6.07, 6.45) is 0.935. The van der Waals surface area contributed by atoms with E-state index in [0.717, 1.165) is 37.4 Å². The van der Waals surface area contributed by atoms with Gasteiger partial charge in [0, 0.05) is 37.4 Å². The van der Waals surface area contributed by atoms with Crippen LogP contribution < -0.4 is 0 Å². The van der Waals surface area contributed by atoms with Gasteiger partial charge in [-0.1, -0.05) is 6.92 Å². The fraction of sp³-hybridized carbons (Fsp3) is 0.667. The van der Waals surface area contributed by atoms with Crippen LogP contribution in [0.2, 0.25) is 0 Å². The quantitative estimate of drug-likeness (QED) is 0.907. The van der Waals surface area contributed by atoms with Crippen LogP contribution in [0.15, 0.2) is 12.1 Å².